The molecule has 1 N–H and O–H groups in total. The van der Waals surface area contributed by atoms with E-state index >= 15 is 0 Å². The molecule has 1 amide bonds. The van der Waals surface area contributed by atoms with Crippen LogP contribution in [0.25, 0.3) is 0 Å². The van der Waals surface area contributed by atoms with Gasteiger partial charge in [-0.05, 0) is 36.8 Å². The molecule has 2 aromatic rings. The Bertz CT molecular complexity index is 736. The van der Waals surface area contributed by atoms with E-state index < -0.39 is 0 Å². The molecule has 25 heavy (non-hydrogen) atoms. The Hall–Kier alpha value is -1.91. The number of carbonyl (C=O) groups excluding carboxylic acids is 1. The molecule has 0 unspecified atom stereocenters. The zero-order valence-corrected chi connectivity index (χ0v) is 15.8. The highest BCUT2D eigenvalue weighted by Gasteiger charge is 2.20. The van der Waals surface area contributed by atoms with Crippen LogP contribution in [0.3, 0.4) is 0 Å². The summed E-state index contributed by atoms with van der Waals surface area (Å²) in [6.45, 7) is 6.96. The first-order chi connectivity index (χ1) is 12.2. The number of carbonyl (C=O) groups is 1. The van der Waals surface area contributed by atoms with Crippen LogP contribution in [0.15, 0.2) is 53.4 Å². The number of rotatable bonds is 6. The summed E-state index contributed by atoms with van der Waals surface area (Å²) in [5, 5.41) is 5.26. The van der Waals surface area contributed by atoms with Gasteiger partial charge < -0.3 is 5.32 Å². The van der Waals surface area contributed by atoms with E-state index in [2.05, 4.69) is 65.9 Å². The molecule has 3 nitrogen and oxygen atoms in total. The summed E-state index contributed by atoms with van der Waals surface area (Å²) in [4.78, 5) is 16.2. The molecule has 2 heterocycles. The first kappa shape index (κ1) is 17.9. The molecule has 132 valence electrons. The van der Waals surface area contributed by atoms with Crippen molar-refractivity contribution in [3.63, 3.8) is 0 Å². The highest BCUT2D eigenvalue weighted by atomic mass is 32.1. The Morgan fingerprint density at radius 1 is 1.32 bits per heavy atom. The molecule has 1 aromatic carbocycles. The number of nitrogens with zero attached hydrogens (tertiary/aromatic N) is 1. The van der Waals surface area contributed by atoms with E-state index in [1.54, 1.807) is 11.3 Å². The standard InChI is InChI=1S/C21H26N2OS/c1-3-19(20-8-5-13-25-20)22-21(24)18-9-11-23(12-10-18)15-17-7-4-6-16(2)14-17/h4-9,13-14,19H,3,10-12,15H2,1-2H3,(H,22,24)/t19-/m1/s1. The van der Waals surface area contributed by atoms with Gasteiger partial charge in [0.05, 0.1) is 6.04 Å². The summed E-state index contributed by atoms with van der Waals surface area (Å²) in [7, 11) is 0. The molecule has 0 saturated carbocycles. The van der Waals surface area contributed by atoms with Crippen molar-refractivity contribution >= 4 is 17.2 Å². The largest absolute Gasteiger partial charge is 0.345 e. The Kier molecular flexibility index (Phi) is 6.05. The van der Waals surface area contributed by atoms with Crippen molar-refractivity contribution in [2.24, 2.45) is 0 Å². The Labute approximate surface area is 154 Å². The summed E-state index contributed by atoms with van der Waals surface area (Å²) in [6.07, 6.45) is 3.83. The molecule has 0 aliphatic carbocycles. The number of benzene rings is 1. The number of hydrogen-bond donors (Lipinski definition) is 1. The second-order valence-electron chi connectivity index (χ2n) is 6.65. The second kappa shape index (κ2) is 8.45. The summed E-state index contributed by atoms with van der Waals surface area (Å²) in [5.74, 6) is 0.0930. The van der Waals surface area contributed by atoms with Crippen LogP contribution in [0.1, 0.15) is 41.8 Å². The maximum absolute atomic E-state index is 12.6. The van der Waals surface area contributed by atoms with Crippen LogP contribution in [0.2, 0.25) is 0 Å². The minimum Gasteiger partial charge on any atom is -0.345 e. The van der Waals surface area contributed by atoms with Crippen LogP contribution in [-0.4, -0.2) is 23.9 Å². The van der Waals surface area contributed by atoms with Gasteiger partial charge in [0.25, 0.3) is 0 Å². The fourth-order valence-corrected chi connectivity index (χ4v) is 4.11. The molecule has 1 aliphatic rings. The van der Waals surface area contributed by atoms with Crippen LogP contribution >= 0.6 is 11.3 Å². The lowest BCUT2D eigenvalue weighted by molar-refractivity contribution is -0.118. The van der Waals surface area contributed by atoms with Crippen molar-refractivity contribution in [1.29, 1.82) is 0 Å². The summed E-state index contributed by atoms with van der Waals surface area (Å²) in [6, 6.07) is 12.9. The van der Waals surface area contributed by atoms with E-state index in [4.69, 9.17) is 0 Å². The van der Waals surface area contributed by atoms with Crippen molar-refractivity contribution in [3.05, 3.63) is 69.4 Å². The van der Waals surface area contributed by atoms with Crippen molar-refractivity contribution in [2.45, 2.75) is 39.3 Å². The zero-order chi connectivity index (χ0) is 17.6. The number of nitrogens with one attached hydrogen (secondary N) is 1. The molecule has 3 rings (SSSR count). The van der Waals surface area contributed by atoms with Crippen LogP contribution in [0.5, 0.6) is 0 Å². The molecule has 1 atom stereocenters. The number of hydrogen-bond acceptors (Lipinski definition) is 3. The van der Waals surface area contributed by atoms with Gasteiger partial charge in [0.2, 0.25) is 5.91 Å². The number of amides is 1. The predicted octanol–water partition coefficient (Wildman–Crippen LogP) is 4.46. The number of aryl methyl sites for hydroxylation is 1. The first-order valence-electron chi connectivity index (χ1n) is 8.97. The number of thiophene rings is 1. The van der Waals surface area contributed by atoms with E-state index in [1.165, 1.54) is 16.0 Å². The van der Waals surface area contributed by atoms with Gasteiger partial charge in [-0.2, -0.15) is 0 Å². The van der Waals surface area contributed by atoms with E-state index in [1.807, 2.05) is 6.07 Å². The lowest BCUT2D eigenvalue weighted by atomic mass is 10.0. The Balaban J connectivity index is 1.56. The maximum Gasteiger partial charge on any atom is 0.247 e. The molecule has 1 aromatic heterocycles. The molecule has 0 radical (unpaired) electrons. The van der Waals surface area contributed by atoms with Gasteiger partial charge in [0.1, 0.15) is 0 Å². The average Bonchev–Trinajstić information content (AvgIpc) is 3.14. The average molecular weight is 355 g/mol. The SMILES string of the molecule is CC[C@@H](NC(=O)C1=CCN(Cc2cccc(C)c2)CC1)c1cccs1. The minimum atomic E-state index is 0.0930. The molecule has 0 spiro atoms. The third-order valence-corrected chi connectivity index (χ3v) is 5.66. The molecule has 0 bridgehead atoms. The minimum absolute atomic E-state index is 0.0930. The van der Waals surface area contributed by atoms with Crippen molar-refractivity contribution in [3.8, 4) is 0 Å². The van der Waals surface area contributed by atoms with Crippen LogP contribution in [0, 0.1) is 6.92 Å². The van der Waals surface area contributed by atoms with Crippen LogP contribution in [0.4, 0.5) is 0 Å². The fraction of sp³-hybridized carbons (Fsp3) is 0.381. The molecule has 0 saturated heterocycles. The van der Waals surface area contributed by atoms with Crippen LogP contribution in [-0.2, 0) is 11.3 Å². The summed E-state index contributed by atoms with van der Waals surface area (Å²) in [5.41, 5.74) is 3.56. The van der Waals surface area contributed by atoms with Crippen molar-refractivity contribution in [2.75, 3.05) is 13.1 Å². The fourth-order valence-electron chi connectivity index (χ4n) is 3.24. The van der Waals surface area contributed by atoms with Gasteiger partial charge in [-0.25, -0.2) is 0 Å². The van der Waals surface area contributed by atoms with Crippen molar-refractivity contribution in [1.82, 2.24) is 10.2 Å². The van der Waals surface area contributed by atoms with E-state index in [0.717, 1.165) is 38.0 Å². The lowest BCUT2D eigenvalue weighted by Crippen LogP contribution is -2.34. The lowest BCUT2D eigenvalue weighted by Gasteiger charge is -2.27. The highest BCUT2D eigenvalue weighted by molar-refractivity contribution is 7.10. The smallest absolute Gasteiger partial charge is 0.247 e. The third kappa shape index (κ3) is 4.80. The Morgan fingerprint density at radius 3 is 2.84 bits per heavy atom. The van der Waals surface area contributed by atoms with E-state index in [-0.39, 0.29) is 11.9 Å². The van der Waals surface area contributed by atoms with Gasteiger partial charge in [0, 0.05) is 30.1 Å². The monoisotopic (exact) mass is 354 g/mol. The van der Waals surface area contributed by atoms with Gasteiger partial charge in [-0.1, -0.05) is 48.9 Å². The predicted molar refractivity (Wildman–Crippen MR) is 105 cm³/mol. The maximum atomic E-state index is 12.6. The molecule has 0 fully saturated rings. The quantitative estimate of drug-likeness (QED) is 0.831. The van der Waals surface area contributed by atoms with Crippen LogP contribution < -0.4 is 5.32 Å². The summed E-state index contributed by atoms with van der Waals surface area (Å²) >= 11 is 1.70. The third-order valence-electron chi connectivity index (χ3n) is 4.67. The van der Waals surface area contributed by atoms with Gasteiger partial charge >= 0.3 is 0 Å². The molecule has 4 heteroatoms. The van der Waals surface area contributed by atoms with Gasteiger partial charge in [0.15, 0.2) is 0 Å². The second-order valence-corrected chi connectivity index (χ2v) is 7.63. The van der Waals surface area contributed by atoms with Gasteiger partial charge in [-0.15, -0.1) is 11.3 Å². The molecular formula is C21H26N2OS. The Morgan fingerprint density at radius 2 is 2.20 bits per heavy atom. The molecule has 1 aliphatic heterocycles. The highest BCUT2D eigenvalue weighted by Crippen LogP contribution is 2.23. The van der Waals surface area contributed by atoms with Gasteiger partial charge in [-0.3, -0.25) is 9.69 Å². The topological polar surface area (TPSA) is 32.3 Å². The first-order valence-corrected chi connectivity index (χ1v) is 9.85. The summed E-state index contributed by atoms with van der Waals surface area (Å²) < 4.78 is 0. The van der Waals surface area contributed by atoms with Crippen molar-refractivity contribution < 1.29 is 4.79 Å². The normalized spacial score (nSPS) is 16.3. The van der Waals surface area contributed by atoms with E-state index in [9.17, 15) is 4.79 Å². The zero-order valence-electron chi connectivity index (χ0n) is 15.0. The van der Waals surface area contributed by atoms with E-state index in [0.29, 0.717) is 0 Å². The molecular weight excluding hydrogens is 328 g/mol.